The van der Waals surface area contributed by atoms with E-state index in [9.17, 15) is 10.1 Å². The monoisotopic (exact) mass is 277 g/mol. The van der Waals surface area contributed by atoms with Crippen LogP contribution in [0.4, 0.5) is 11.4 Å². The Morgan fingerprint density at radius 2 is 1.79 bits per heavy atom. The molecular formula is C13H12ClN3O2. The molecule has 6 heteroatoms. The molecule has 0 spiro atoms. The van der Waals surface area contributed by atoms with Gasteiger partial charge in [-0.3, -0.25) is 10.1 Å². The lowest BCUT2D eigenvalue weighted by Gasteiger charge is -2.18. The molecule has 2 N–H and O–H groups in total. The van der Waals surface area contributed by atoms with Crippen molar-refractivity contribution in [2.45, 2.75) is 6.54 Å². The molecule has 0 radical (unpaired) electrons. The van der Waals surface area contributed by atoms with Gasteiger partial charge in [0.05, 0.1) is 22.7 Å². The third-order valence-corrected chi connectivity index (χ3v) is 2.94. The Morgan fingerprint density at radius 1 is 1.16 bits per heavy atom. The van der Waals surface area contributed by atoms with E-state index in [-0.39, 0.29) is 12.2 Å². The fraction of sp³-hybridized carbons (Fsp3) is 0.0769. The largest absolute Gasteiger partial charge is 0.306 e. The number of nitro benzene ring substituents is 1. The van der Waals surface area contributed by atoms with E-state index in [1.54, 1.807) is 42.5 Å². The summed E-state index contributed by atoms with van der Waals surface area (Å²) in [6.45, 7) is 0.249. The van der Waals surface area contributed by atoms with Gasteiger partial charge in [0.2, 0.25) is 0 Å². The molecule has 98 valence electrons. The van der Waals surface area contributed by atoms with Crippen molar-refractivity contribution in [3.63, 3.8) is 0 Å². The fourth-order valence-electron chi connectivity index (χ4n) is 1.73. The predicted octanol–water partition coefficient (Wildman–Crippen LogP) is 3.13. The molecule has 0 amide bonds. The molecule has 2 rings (SSSR count). The molecular weight excluding hydrogens is 266 g/mol. The number of nitro groups is 1. The van der Waals surface area contributed by atoms with Crippen LogP contribution in [0.5, 0.6) is 0 Å². The summed E-state index contributed by atoms with van der Waals surface area (Å²) < 4.78 is 0. The fourth-order valence-corrected chi connectivity index (χ4v) is 1.86. The molecule has 0 bridgehead atoms. The van der Waals surface area contributed by atoms with Crippen LogP contribution >= 0.6 is 11.6 Å². The Bertz CT molecular complexity index is 587. The molecule has 0 atom stereocenters. The molecule has 0 aliphatic rings. The standard InChI is InChI=1S/C13H12ClN3O2/c14-11-5-7-12(8-6-11)16(15)9-10-3-1-2-4-13(10)17(18)19/h1-8H,9,15H2. The summed E-state index contributed by atoms with van der Waals surface area (Å²) in [5.41, 5.74) is 1.36. The van der Waals surface area contributed by atoms with Crippen molar-refractivity contribution >= 4 is 23.0 Å². The zero-order valence-corrected chi connectivity index (χ0v) is 10.7. The zero-order chi connectivity index (χ0) is 13.8. The Kier molecular flexibility index (Phi) is 3.99. The van der Waals surface area contributed by atoms with Crippen molar-refractivity contribution in [2.24, 2.45) is 5.84 Å². The second-order valence-corrected chi connectivity index (χ2v) is 4.43. The number of halogens is 1. The minimum absolute atomic E-state index is 0.0620. The Balaban J connectivity index is 2.21. The van der Waals surface area contributed by atoms with E-state index in [0.29, 0.717) is 10.6 Å². The van der Waals surface area contributed by atoms with Gasteiger partial charge >= 0.3 is 0 Å². The lowest BCUT2D eigenvalue weighted by Crippen LogP contribution is -2.30. The average Bonchev–Trinajstić information content (AvgIpc) is 2.39. The van der Waals surface area contributed by atoms with Crippen molar-refractivity contribution < 1.29 is 4.92 Å². The van der Waals surface area contributed by atoms with Gasteiger partial charge in [-0.25, -0.2) is 5.84 Å². The van der Waals surface area contributed by atoms with Gasteiger partial charge in [0.1, 0.15) is 0 Å². The molecule has 0 unspecified atom stereocenters. The highest BCUT2D eigenvalue weighted by Crippen LogP contribution is 2.22. The first-order valence-corrected chi connectivity index (χ1v) is 5.96. The van der Waals surface area contributed by atoms with E-state index in [0.717, 1.165) is 5.69 Å². The van der Waals surface area contributed by atoms with Crippen LogP contribution in [0.15, 0.2) is 48.5 Å². The lowest BCUT2D eigenvalue weighted by molar-refractivity contribution is -0.385. The maximum absolute atomic E-state index is 10.9. The Labute approximate surface area is 115 Å². The molecule has 0 saturated heterocycles. The first-order chi connectivity index (χ1) is 9.08. The van der Waals surface area contributed by atoms with Crippen LogP contribution in [0, 0.1) is 10.1 Å². The zero-order valence-electron chi connectivity index (χ0n) is 9.99. The Hall–Kier alpha value is -2.11. The van der Waals surface area contributed by atoms with Crippen LogP contribution in [-0.2, 0) is 6.54 Å². The minimum Gasteiger partial charge on any atom is -0.306 e. The summed E-state index contributed by atoms with van der Waals surface area (Å²) in [6, 6.07) is 13.5. The molecule has 0 aromatic heterocycles. The highest BCUT2D eigenvalue weighted by molar-refractivity contribution is 6.30. The first kappa shape index (κ1) is 13.3. The maximum atomic E-state index is 10.9. The summed E-state index contributed by atoms with van der Waals surface area (Å²) >= 11 is 5.79. The minimum atomic E-state index is -0.412. The number of benzene rings is 2. The molecule has 2 aromatic carbocycles. The van der Waals surface area contributed by atoms with Crippen LogP contribution in [0.3, 0.4) is 0 Å². The third kappa shape index (κ3) is 3.21. The quantitative estimate of drug-likeness (QED) is 0.529. The average molecular weight is 278 g/mol. The topological polar surface area (TPSA) is 72.4 Å². The number of hydrogen-bond acceptors (Lipinski definition) is 4. The van der Waals surface area contributed by atoms with Gasteiger partial charge in [-0.2, -0.15) is 0 Å². The van der Waals surface area contributed by atoms with Crippen molar-refractivity contribution in [2.75, 3.05) is 5.01 Å². The van der Waals surface area contributed by atoms with E-state index >= 15 is 0 Å². The highest BCUT2D eigenvalue weighted by atomic mass is 35.5. The summed E-state index contributed by atoms with van der Waals surface area (Å²) in [6.07, 6.45) is 0. The van der Waals surface area contributed by atoms with Gasteiger partial charge in [-0.1, -0.05) is 29.8 Å². The number of hydrazine groups is 1. The van der Waals surface area contributed by atoms with Crippen molar-refractivity contribution in [1.29, 1.82) is 0 Å². The molecule has 0 heterocycles. The molecule has 0 aliphatic heterocycles. The molecule has 0 fully saturated rings. The second kappa shape index (κ2) is 5.69. The molecule has 19 heavy (non-hydrogen) atoms. The van der Waals surface area contributed by atoms with Gasteiger partial charge in [-0.05, 0) is 24.3 Å². The first-order valence-electron chi connectivity index (χ1n) is 5.58. The molecule has 5 nitrogen and oxygen atoms in total. The van der Waals surface area contributed by atoms with Gasteiger partial charge < -0.3 is 5.01 Å². The summed E-state index contributed by atoms with van der Waals surface area (Å²) in [7, 11) is 0. The van der Waals surface area contributed by atoms with Gasteiger partial charge in [-0.15, -0.1) is 0 Å². The van der Waals surface area contributed by atoms with E-state index in [4.69, 9.17) is 17.4 Å². The molecule has 0 aliphatic carbocycles. The van der Waals surface area contributed by atoms with E-state index in [1.165, 1.54) is 11.1 Å². The van der Waals surface area contributed by atoms with E-state index in [2.05, 4.69) is 0 Å². The normalized spacial score (nSPS) is 10.2. The summed E-state index contributed by atoms with van der Waals surface area (Å²) in [5, 5.41) is 13.0. The summed E-state index contributed by atoms with van der Waals surface area (Å²) in [4.78, 5) is 10.5. The SMILES string of the molecule is NN(Cc1ccccc1[N+](=O)[O-])c1ccc(Cl)cc1. The Morgan fingerprint density at radius 3 is 2.42 bits per heavy atom. The predicted molar refractivity (Wildman–Crippen MR) is 74.9 cm³/mol. The van der Waals surface area contributed by atoms with E-state index in [1.807, 2.05) is 0 Å². The second-order valence-electron chi connectivity index (χ2n) is 3.99. The van der Waals surface area contributed by atoms with Crippen LogP contribution in [0.2, 0.25) is 5.02 Å². The van der Waals surface area contributed by atoms with Crippen molar-refractivity contribution in [1.82, 2.24) is 0 Å². The van der Waals surface area contributed by atoms with Crippen LogP contribution in [0.1, 0.15) is 5.56 Å². The number of anilines is 1. The van der Waals surface area contributed by atoms with Crippen LogP contribution in [-0.4, -0.2) is 4.92 Å². The third-order valence-electron chi connectivity index (χ3n) is 2.69. The maximum Gasteiger partial charge on any atom is 0.274 e. The van der Waals surface area contributed by atoms with E-state index < -0.39 is 4.92 Å². The van der Waals surface area contributed by atoms with Crippen LogP contribution in [0.25, 0.3) is 0 Å². The lowest BCUT2D eigenvalue weighted by atomic mass is 10.1. The number of para-hydroxylation sites is 1. The smallest absolute Gasteiger partial charge is 0.274 e. The number of rotatable bonds is 4. The van der Waals surface area contributed by atoms with Crippen molar-refractivity contribution in [3.8, 4) is 0 Å². The van der Waals surface area contributed by atoms with Gasteiger partial charge in [0, 0.05) is 11.1 Å². The number of nitrogens with two attached hydrogens (primary N) is 1. The highest BCUT2D eigenvalue weighted by Gasteiger charge is 2.14. The van der Waals surface area contributed by atoms with Gasteiger partial charge in [0.15, 0.2) is 0 Å². The van der Waals surface area contributed by atoms with Gasteiger partial charge in [0.25, 0.3) is 5.69 Å². The number of hydrogen-bond donors (Lipinski definition) is 1. The molecule has 2 aromatic rings. The molecule has 0 saturated carbocycles. The number of nitrogens with zero attached hydrogens (tertiary/aromatic N) is 2. The van der Waals surface area contributed by atoms with Crippen molar-refractivity contribution in [3.05, 3.63) is 69.2 Å². The van der Waals surface area contributed by atoms with Crippen LogP contribution < -0.4 is 10.9 Å². The summed E-state index contributed by atoms with van der Waals surface area (Å²) in [5.74, 6) is 5.91.